The normalized spacial score (nSPS) is 11.7. The van der Waals surface area contributed by atoms with Gasteiger partial charge in [0.25, 0.3) is 0 Å². The molecule has 0 spiro atoms. The predicted molar refractivity (Wildman–Crippen MR) is 86.4 cm³/mol. The number of aromatic nitrogens is 1. The highest BCUT2D eigenvalue weighted by Crippen LogP contribution is 2.27. The zero-order chi connectivity index (χ0) is 15.5. The van der Waals surface area contributed by atoms with Gasteiger partial charge in [-0.15, -0.1) is 0 Å². The molecule has 0 saturated carbocycles. The van der Waals surface area contributed by atoms with Crippen LogP contribution in [-0.2, 0) is 0 Å². The van der Waals surface area contributed by atoms with E-state index in [1.807, 2.05) is 26.8 Å². The lowest BCUT2D eigenvalue weighted by atomic mass is 10.1. The lowest BCUT2D eigenvalue weighted by molar-refractivity contribution is 0.597. The largest absolute Gasteiger partial charge is 0.256 e. The molecule has 0 amide bonds. The molecule has 0 saturated heterocycles. The van der Waals surface area contributed by atoms with Crippen molar-refractivity contribution < 1.29 is 8.78 Å². The van der Waals surface area contributed by atoms with Gasteiger partial charge in [0.15, 0.2) is 0 Å². The van der Waals surface area contributed by atoms with Gasteiger partial charge in [-0.2, -0.15) is 0 Å². The summed E-state index contributed by atoms with van der Waals surface area (Å²) in [7, 11) is -2.12. The maximum Gasteiger partial charge on any atom is 0.134 e. The number of hydrogen-bond donors (Lipinski definition) is 0. The van der Waals surface area contributed by atoms with Crippen LogP contribution in [-0.4, -0.2) is 13.1 Å². The fraction of sp³-hybridized carbons (Fsp3) is 0.353. The van der Waals surface area contributed by atoms with Crippen LogP contribution in [0.2, 0.25) is 18.1 Å². The summed E-state index contributed by atoms with van der Waals surface area (Å²) in [6, 6.07) is 10.8. The van der Waals surface area contributed by atoms with Gasteiger partial charge in [0.05, 0.1) is 13.8 Å². The second kappa shape index (κ2) is 6.48. The van der Waals surface area contributed by atoms with Gasteiger partial charge in [-0.1, -0.05) is 45.0 Å². The molecule has 0 fully saturated rings. The van der Waals surface area contributed by atoms with Crippen LogP contribution in [0.1, 0.15) is 20.8 Å². The quantitative estimate of drug-likeness (QED) is 0.727. The molecule has 0 bridgehead atoms. The number of hydrogen-bond acceptors (Lipinski definition) is 1. The Balaban J connectivity index is 2.68. The SMILES string of the molecule is CC[Si](CC)(CC)c1c(F)ccc(-c2ccccn2)c1F. The fourth-order valence-corrected chi connectivity index (χ4v) is 6.79. The highest BCUT2D eigenvalue weighted by molar-refractivity contribution is 6.91. The van der Waals surface area contributed by atoms with E-state index in [9.17, 15) is 4.39 Å². The van der Waals surface area contributed by atoms with Crippen molar-refractivity contribution in [2.75, 3.05) is 0 Å². The van der Waals surface area contributed by atoms with Crippen molar-refractivity contribution in [1.82, 2.24) is 4.98 Å². The molecule has 4 heteroatoms. The molecule has 1 aromatic carbocycles. The molecule has 1 aromatic heterocycles. The molecule has 1 heterocycles. The Morgan fingerprint density at radius 2 is 1.62 bits per heavy atom. The lowest BCUT2D eigenvalue weighted by Crippen LogP contribution is -2.49. The Hall–Kier alpha value is -1.55. The van der Waals surface area contributed by atoms with E-state index in [1.165, 1.54) is 12.1 Å². The zero-order valence-electron chi connectivity index (χ0n) is 12.8. The fourth-order valence-electron chi connectivity index (χ4n) is 3.04. The third-order valence-electron chi connectivity index (χ3n) is 4.59. The van der Waals surface area contributed by atoms with Gasteiger partial charge in [0.1, 0.15) is 11.6 Å². The first-order chi connectivity index (χ1) is 10.1. The van der Waals surface area contributed by atoms with Crippen LogP contribution in [0.5, 0.6) is 0 Å². The average molecular weight is 305 g/mol. The molecule has 2 aromatic rings. The number of benzene rings is 1. The summed E-state index contributed by atoms with van der Waals surface area (Å²) < 4.78 is 29.4. The first kappa shape index (κ1) is 15.8. The van der Waals surface area contributed by atoms with E-state index in [-0.39, 0.29) is 0 Å². The van der Waals surface area contributed by atoms with E-state index >= 15 is 4.39 Å². The van der Waals surface area contributed by atoms with Gasteiger partial charge in [0, 0.05) is 16.9 Å². The molecule has 2 rings (SSSR count). The van der Waals surface area contributed by atoms with Crippen molar-refractivity contribution >= 4 is 13.3 Å². The van der Waals surface area contributed by atoms with Crippen LogP contribution in [0, 0.1) is 11.6 Å². The van der Waals surface area contributed by atoms with Gasteiger partial charge in [0.2, 0.25) is 0 Å². The van der Waals surface area contributed by atoms with Crippen molar-refractivity contribution in [2.45, 2.75) is 38.9 Å². The van der Waals surface area contributed by atoms with E-state index in [4.69, 9.17) is 0 Å². The van der Waals surface area contributed by atoms with E-state index < -0.39 is 19.7 Å². The van der Waals surface area contributed by atoms with Crippen LogP contribution >= 0.6 is 0 Å². The molecule has 112 valence electrons. The third-order valence-corrected chi connectivity index (χ3v) is 10.2. The van der Waals surface area contributed by atoms with Gasteiger partial charge in [-0.3, -0.25) is 4.98 Å². The Morgan fingerprint density at radius 1 is 0.952 bits per heavy atom. The summed E-state index contributed by atoms with van der Waals surface area (Å²) in [6.45, 7) is 6.14. The van der Waals surface area contributed by atoms with Crippen molar-refractivity contribution in [3.05, 3.63) is 48.2 Å². The van der Waals surface area contributed by atoms with Crippen LogP contribution in [0.3, 0.4) is 0 Å². The summed E-state index contributed by atoms with van der Waals surface area (Å²) in [6.07, 6.45) is 1.63. The number of pyridine rings is 1. The molecule has 1 nitrogen and oxygen atoms in total. The topological polar surface area (TPSA) is 12.9 Å². The molecule has 0 radical (unpaired) electrons. The summed E-state index contributed by atoms with van der Waals surface area (Å²) in [5.41, 5.74) is 0.960. The minimum Gasteiger partial charge on any atom is -0.256 e. The van der Waals surface area contributed by atoms with Crippen LogP contribution < -0.4 is 5.19 Å². The molecule has 21 heavy (non-hydrogen) atoms. The van der Waals surface area contributed by atoms with E-state index in [0.29, 0.717) is 16.4 Å². The molecule has 0 N–H and O–H groups in total. The number of nitrogens with zero attached hydrogens (tertiary/aromatic N) is 1. The van der Waals surface area contributed by atoms with Crippen LogP contribution in [0.4, 0.5) is 8.78 Å². The molecule has 0 atom stereocenters. The molecular formula is C17H21F2NSi. The molecule has 0 aliphatic carbocycles. The van der Waals surface area contributed by atoms with Crippen molar-refractivity contribution in [1.29, 1.82) is 0 Å². The van der Waals surface area contributed by atoms with Gasteiger partial charge >= 0.3 is 0 Å². The monoisotopic (exact) mass is 305 g/mol. The zero-order valence-corrected chi connectivity index (χ0v) is 13.8. The van der Waals surface area contributed by atoms with Crippen molar-refractivity contribution in [2.24, 2.45) is 0 Å². The van der Waals surface area contributed by atoms with Gasteiger partial charge in [-0.05, 0) is 24.3 Å². The van der Waals surface area contributed by atoms with Gasteiger partial charge < -0.3 is 0 Å². The average Bonchev–Trinajstić information content (AvgIpc) is 2.53. The van der Waals surface area contributed by atoms with Crippen LogP contribution in [0.15, 0.2) is 36.5 Å². The smallest absolute Gasteiger partial charge is 0.134 e. The molecular weight excluding hydrogens is 284 g/mol. The summed E-state index contributed by atoms with van der Waals surface area (Å²) in [5.74, 6) is -0.810. The van der Waals surface area contributed by atoms with E-state index in [1.54, 1.807) is 18.3 Å². The van der Waals surface area contributed by atoms with E-state index in [2.05, 4.69) is 4.98 Å². The minimum atomic E-state index is -2.12. The second-order valence-electron chi connectivity index (χ2n) is 5.34. The number of rotatable bonds is 5. The van der Waals surface area contributed by atoms with E-state index in [0.717, 1.165) is 18.1 Å². The molecule has 0 aliphatic rings. The van der Waals surface area contributed by atoms with Crippen molar-refractivity contribution in [3.63, 3.8) is 0 Å². The molecule has 0 aliphatic heterocycles. The summed E-state index contributed by atoms with van der Waals surface area (Å²) in [5, 5.41) is 0.346. The maximum atomic E-state index is 15.0. The Morgan fingerprint density at radius 3 is 2.14 bits per heavy atom. The highest BCUT2D eigenvalue weighted by Gasteiger charge is 2.35. The Kier molecular flexibility index (Phi) is 4.88. The third kappa shape index (κ3) is 2.77. The first-order valence-corrected chi connectivity index (χ1v) is 10.1. The minimum absolute atomic E-state index is 0.346. The van der Waals surface area contributed by atoms with Gasteiger partial charge in [-0.25, -0.2) is 8.78 Å². The van der Waals surface area contributed by atoms with Crippen molar-refractivity contribution in [3.8, 4) is 11.3 Å². The highest BCUT2D eigenvalue weighted by atomic mass is 28.3. The first-order valence-electron chi connectivity index (χ1n) is 7.49. The Labute approximate surface area is 126 Å². The second-order valence-corrected chi connectivity index (χ2v) is 10.5. The molecule has 0 unspecified atom stereocenters. The maximum absolute atomic E-state index is 15.0. The predicted octanol–water partition coefficient (Wildman–Crippen LogP) is 4.74. The van der Waals surface area contributed by atoms with Crippen LogP contribution in [0.25, 0.3) is 11.3 Å². The number of halogens is 2. The summed E-state index contributed by atoms with van der Waals surface area (Å²) in [4.78, 5) is 4.19. The Bertz CT molecular complexity index is 601. The lowest BCUT2D eigenvalue weighted by Gasteiger charge is -2.30. The summed E-state index contributed by atoms with van der Waals surface area (Å²) >= 11 is 0. The standard InChI is InChI=1S/C17H21F2NSi/c1-4-21(5-2,6-3)17-14(18)11-10-13(16(17)19)15-9-7-8-12-20-15/h7-12H,4-6H2,1-3H3.